The van der Waals surface area contributed by atoms with Crippen molar-refractivity contribution in [3.63, 3.8) is 0 Å². The predicted octanol–water partition coefficient (Wildman–Crippen LogP) is 1.30. The van der Waals surface area contributed by atoms with Crippen LogP contribution in [0.2, 0.25) is 0 Å². The number of carbonyl (C=O) groups is 3. The molecule has 0 spiro atoms. The fraction of sp³-hybridized carbons (Fsp3) is 0.800. The number of esters is 2. The highest BCUT2D eigenvalue weighted by atomic mass is 16.7. The van der Waals surface area contributed by atoms with E-state index in [1.54, 1.807) is 0 Å². The van der Waals surface area contributed by atoms with E-state index in [2.05, 4.69) is 0 Å². The van der Waals surface area contributed by atoms with Gasteiger partial charge in [0, 0.05) is 38.5 Å². The summed E-state index contributed by atoms with van der Waals surface area (Å²) in [5, 5.41) is 0. The van der Waals surface area contributed by atoms with Crippen LogP contribution in [0.1, 0.15) is 33.1 Å². The minimum atomic E-state index is -1.18. The van der Waals surface area contributed by atoms with Crippen LogP contribution >= 0.6 is 0 Å². The molecular formula is C15H18O5. The molecule has 0 heterocycles. The maximum atomic E-state index is 12.3. The number of carbonyl (C=O) groups excluding carboxylic acids is 3. The van der Waals surface area contributed by atoms with Crippen LogP contribution in [0.5, 0.6) is 0 Å². The molecule has 0 unspecified atom stereocenters. The van der Waals surface area contributed by atoms with E-state index in [9.17, 15) is 14.4 Å². The Morgan fingerprint density at radius 2 is 1.70 bits per heavy atom. The monoisotopic (exact) mass is 278 g/mol. The number of rotatable bonds is 2. The largest absolute Gasteiger partial charge is 0.422 e. The molecule has 0 amide bonds. The lowest BCUT2D eigenvalue weighted by molar-refractivity contribution is -0.244. The number of fused-ring (bicyclic) bond motifs is 2. The first-order valence-corrected chi connectivity index (χ1v) is 7.35. The van der Waals surface area contributed by atoms with Crippen molar-refractivity contribution >= 4 is 17.7 Å². The molecule has 5 nitrogen and oxygen atoms in total. The Hall–Kier alpha value is -1.39. The van der Waals surface area contributed by atoms with Crippen molar-refractivity contribution in [3.05, 3.63) is 0 Å². The van der Waals surface area contributed by atoms with Gasteiger partial charge in [0.15, 0.2) is 0 Å². The molecule has 0 aliphatic heterocycles. The molecule has 108 valence electrons. The zero-order chi connectivity index (χ0) is 14.2. The summed E-state index contributed by atoms with van der Waals surface area (Å²) < 4.78 is 11.0. The first-order valence-electron chi connectivity index (χ1n) is 7.35. The minimum Gasteiger partial charge on any atom is -0.422 e. The molecule has 0 aromatic carbocycles. The number of Topliss-reactive ketones (excluding diaryl/α,β-unsaturated/α-hetero) is 1. The molecular weight excluding hydrogens is 260 g/mol. The Labute approximate surface area is 117 Å². The Morgan fingerprint density at radius 3 is 2.30 bits per heavy atom. The van der Waals surface area contributed by atoms with Gasteiger partial charge in [0.05, 0.1) is 0 Å². The summed E-state index contributed by atoms with van der Waals surface area (Å²) in [6, 6.07) is 0. The van der Waals surface area contributed by atoms with Crippen LogP contribution in [0.25, 0.3) is 0 Å². The number of hydrogen-bond donors (Lipinski definition) is 0. The van der Waals surface area contributed by atoms with E-state index >= 15 is 0 Å². The Kier molecular flexibility index (Phi) is 2.24. The van der Waals surface area contributed by atoms with Crippen LogP contribution in [0.15, 0.2) is 0 Å². The smallest absolute Gasteiger partial charge is 0.305 e. The van der Waals surface area contributed by atoms with Crippen molar-refractivity contribution in [2.75, 3.05) is 0 Å². The van der Waals surface area contributed by atoms with Gasteiger partial charge in [-0.1, -0.05) is 0 Å². The van der Waals surface area contributed by atoms with Gasteiger partial charge in [-0.15, -0.1) is 0 Å². The molecule has 4 fully saturated rings. The average Bonchev–Trinajstić information content (AvgIpc) is 2.92. The van der Waals surface area contributed by atoms with Crippen molar-refractivity contribution in [2.24, 2.45) is 35.5 Å². The summed E-state index contributed by atoms with van der Waals surface area (Å²) in [6.07, 6.45) is 2.27. The third kappa shape index (κ3) is 1.31. The predicted molar refractivity (Wildman–Crippen MR) is 66.1 cm³/mol. The van der Waals surface area contributed by atoms with E-state index in [1.165, 1.54) is 13.8 Å². The number of hydrogen-bond acceptors (Lipinski definition) is 5. The van der Waals surface area contributed by atoms with Crippen LogP contribution in [0.3, 0.4) is 0 Å². The summed E-state index contributed by atoms with van der Waals surface area (Å²) in [4.78, 5) is 35.2. The van der Waals surface area contributed by atoms with Crippen LogP contribution in [0.4, 0.5) is 0 Å². The van der Waals surface area contributed by atoms with Crippen molar-refractivity contribution in [1.29, 1.82) is 0 Å². The second kappa shape index (κ2) is 3.62. The molecule has 0 radical (unpaired) electrons. The maximum Gasteiger partial charge on any atom is 0.305 e. The zero-order valence-corrected chi connectivity index (χ0v) is 11.6. The molecule has 4 aliphatic carbocycles. The van der Waals surface area contributed by atoms with Crippen molar-refractivity contribution in [1.82, 2.24) is 0 Å². The fourth-order valence-corrected chi connectivity index (χ4v) is 5.86. The van der Waals surface area contributed by atoms with Gasteiger partial charge in [0.25, 0.3) is 5.79 Å². The zero-order valence-electron chi connectivity index (χ0n) is 11.6. The van der Waals surface area contributed by atoms with Gasteiger partial charge in [0.1, 0.15) is 5.78 Å². The van der Waals surface area contributed by atoms with Gasteiger partial charge >= 0.3 is 11.9 Å². The van der Waals surface area contributed by atoms with Crippen LogP contribution in [0, 0.1) is 35.5 Å². The van der Waals surface area contributed by atoms with Crippen molar-refractivity contribution in [3.8, 4) is 0 Å². The topological polar surface area (TPSA) is 69.7 Å². The standard InChI is InChI=1S/C15H18O5/c1-6(16)19-15(20-7(2)17)5-11-8-4-12(18)13-9(8)3-10(11)14(13)15/h8-11,13-14H,3-5H2,1-2H3/t8-,9-,10+,11-,13-,14-/m1/s1. The third-order valence-electron chi connectivity index (χ3n) is 5.97. The van der Waals surface area contributed by atoms with Gasteiger partial charge in [-0.05, 0) is 30.1 Å². The second-order valence-electron chi connectivity index (χ2n) is 6.82. The molecule has 6 atom stereocenters. The van der Waals surface area contributed by atoms with Crippen molar-refractivity contribution in [2.45, 2.75) is 38.9 Å². The van der Waals surface area contributed by atoms with Crippen LogP contribution in [-0.2, 0) is 23.9 Å². The highest BCUT2D eigenvalue weighted by molar-refractivity contribution is 5.86. The first kappa shape index (κ1) is 12.4. The number of ether oxygens (including phenoxy) is 2. The molecule has 4 rings (SSSR count). The molecule has 2 bridgehead atoms. The summed E-state index contributed by atoms with van der Waals surface area (Å²) in [7, 11) is 0. The molecule has 20 heavy (non-hydrogen) atoms. The van der Waals surface area contributed by atoms with Gasteiger partial charge < -0.3 is 9.47 Å². The quantitative estimate of drug-likeness (QED) is 0.562. The summed E-state index contributed by atoms with van der Waals surface area (Å²) in [5.74, 6) is -0.392. The van der Waals surface area contributed by atoms with E-state index in [4.69, 9.17) is 9.47 Å². The van der Waals surface area contributed by atoms with E-state index in [1.807, 2.05) is 0 Å². The Balaban J connectivity index is 1.77. The van der Waals surface area contributed by atoms with Gasteiger partial charge in [-0.3, -0.25) is 14.4 Å². The summed E-state index contributed by atoms with van der Waals surface area (Å²) >= 11 is 0. The lowest BCUT2D eigenvalue weighted by Gasteiger charge is -2.35. The lowest BCUT2D eigenvalue weighted by Crippen LogP contribution is -2.46. The second-order valence-corrected chi connectivity index (χ2v) is 6.82. The highest BCUT2D eigenvalue weighted by Crippen LogP contribution is 2.72. The van der Waals surface area contributed by atoms with E-state index in [0.717, 1.165) is 6.42 Å². The van der Waals surface area contributed by atoms with Gasteiger partial charge in [0.2, 0.25) is 0 Å². The lowest BCUT2D eigenvalue weighted by atomic mass is 9.79. The minimum absolute atomic E-state index is 0.0672. The van der Waals surface area contributed by atoms with Crippen LogP contribution < -0.4 is 0 Å². The molecule has 0 aromatic rings. The molecule has 5 heteroatoms. The number of ketones is 1. The summed E-state index contributed by atoms with van der Waals surface area (Å²) in [6.45, 7) is 2.66. The fourth-order valence-electron chi connectivity index (χ4n) is 5.86. The summed E-state index contributed by atoms with van der Waals surface area (Å²) in [5.41, 5.74) is 0. The Morgan fingerprint density at radius 1 is 1.05 bits per heavy atom. The highest BCUT2D eigenvalue weighted by Gasteiger charge is 2.76. The van der Waals surface area contributed by atoms with E-state index in [0.29, 0.717) is 36.5 Å². The molecule has 4 saturated carbocycles. The van der Waals surface area contributed by atoms with Gasteiger partial charge in [-0.2, -0.15) is 0 Å². The van der Waals surface area contributed by atoms with Crippen LogP contribution in [-0.4, -0.2) is 23.5 Å². The van der Waals surface area contributed by atoms with E-state index in [-0.39, 0.29) is 17.6 Å². The molecule has 4 aliphatic rings. The SMILES string of the molecule is CC(=O)OC1(OC(C)=O)C[C@@H]2[C@@H]3CC(=O)[C@H]4[C@@H]3C[C@@H]2[C@H]41. The average molecular weight is 278 g/mol. The van der Waals surface area contributed by atoms with E-state index < -0.39 is 17.7 Å². The van der Waals surface area contributed by atoms with Crippen molar-refractivity contribution < 1.29 is 23.9 Å². The van der Waals surface area contributed by atoms with Gasteiger partial charge in [-0.25, -0.2) is 0 Å². The first-order chi connectivity index (χ1) is 9.43. The molecule has 0 N–H and O–H groups in total. The normalized spacial score (nSPS) is 45.8. The maximum absolute atomic E-state index is 12.3. The third-order valence-corrected chi connectivity index (χ3v) is 5.97. The molecule has 0 aromatic heterocycles. The Bertz CT molecular complexity index is 508. The molecule has 0 saturated heterocycles.